The zero-order valence-corrected chi connectivity index (χ0v) is 13.0. The maximum atomic E-state index is 10.1. The van der Waals surface area contributed by atoms with Crippen molar-refractivity contribution in [2.24, 2.45) is 11.8 Å². The fourth-order valence-corrected chi connectivity index (χ4v) is 3.49. The number of phenolic OH excluding ortho intramolecular Hbond substituents is 1. The zero-order valence-electron chi connectivity index (χ0n) is 12.2. The van der Waals surface area contributed by atoms with Crippen LogP contribution in [0.3, 0.4) is 0 Å². The van der Waals surface area contributed by atoms with Gasteiger partial charge in [-0.25, -0.2) is 0 Å². The smallest absolute Gasteiger partial charge is 0.120 e. The van der Waals surface area contributed by atoms with Crippen molar-refractivity contribution in [3.63, 3.8) is 0 Å². The van der Waals surface area contributed by atoms with Gasteiger partial charge in [0.25, 0.3) is 0 Å². The maximum Gasteiger partial charge on any atom is 0.120 e. The van der Waals surface area contributed by atoms with Crippen LogP contribution >= 0.6 is 11.6 Å². The number of halogens is 1. The molecule has 106 valence electrons. The zero-order chi connectivity index (χ0) is 14.2. The minimum atomic E-state index is 0.193. The summed E-state index contributed by atoms with van der Waals surface area (Å²) in [4.78, 5) is 2.49. The average molecular weight is 282 g/mol. The van der Waals surface area contributed by atoms with Crippen LogP contribution in [-0.2, 0) is 0 Å². The minimum Gasteiger partial charge on any atom is -0.508 e. The largest absolute Gasteiger partial charge is 0.508 e. The number of nitrogens with zero attached hydrogens (tertiary/aromatic N) is 1. The number of piperidine rings is 1. The first kappa shape index (κ1) is 14.7. The molecule has 0 saturated carbocycles. The third-order valence-corrected chi connectivity index (χ3v) is 4.82. The molecule has 1 fully saturated rings. The van der Waals surface area contributed by atoms with E-state index in [0.29, 0.717) is 28.6 Å². The van der Waals surface area contributed by atoms with E-state index in [1.807, 2.05) is 6.07 Å². The van der Waals surface area contributed by atoms with Crippen LogP contribution in [0.15, 0.2) is 18.2 Å². The Morgan fingerprint density at radius 1 is 1.32 bits per heavy atom. The molecule has 1 N–H and O–H groups in total. The summed E-state index contributed by atoms with van der Waals surface area (Å²) in [6.07, 6.45) is 1.28. The van der Waals surface area contributed by atoms with Gasteiger partial charge in [0.15, 0.2) is 0 Å². The second-order valence-electron chi connectivity index (χ2n) is 6.13. The molecule has 2 rings (SSSR count). The van der Waals surface area contributed by atoms with Crippen molar-refractivity contribution in [1.82, 2.24) is 4.90 Å². The molecule has 1 aromatic carbocycles. The molecule has 4 unspecified atom stereocenters. The van der Waals surface area contributed by atoms with Crippen LogP contribution in [0.25, 0.3) is 0 Å². The van der Waals surface area contributed by atoms with Gasteiger partial charge in [0, 0.05) is 29.2 Å². The molecule has 1 aliphatic rings. The lowest BCUT2D eigenvalue weighted by Crippen LogP contribution is -2.46. The van der Waals surface area contributed by atoms with Gasteiger partial charge in [-0.05, 0) is 50.3 Å². The first-order chi connectivity index (χ1) is 8.90. The lowest BCUT2D eigenvalue weighted by atomic mass is 9.84. The van der Waals surface area contributed by atoms with Crippen LogP contribution in [0.5, 0.6) is 5.75 Å². The van der Waals surface area contributed by atoms with Gasteiger partial charge < -0.3 is 5.11 Å². The molecule has 0 aliphatic carbocycles. The summed E-state index contributed by atoms with van der Waals surface area (Å²) in [5.41, 5.74) is 0.931. The van der Waals surface area contributed by atoms with Gasteiger partial charge in [-0.1, -0.05) is 25.4 Å². The van der Waals surface area contributed by atoms with Crippen LogP contribution in [0.4, 0.5) is 0 Å². The molecule has 1 aromatic rings. The van der Waals surface area contributed by atoms with E-state index in [9.17, 15) is 5.11 Å². The first-order valence-corrected chi connectivity index (χ1v) is 7.52. The van der Waals surface area contributed by atoms with Gasteiger partial charge in [0.1, 0.15) is 5.75 Å². The fourth-order valence-electron chi connectivity index (χ4n) is 3.31. The molecule has 3 heteroatoms. The SMILES string of the molecule is CC1CC(C)C(C)N(C(C)c2cc(Cl)ccc2O)C1. The molecule has 1 aliphatic heterocycles. The standard InChI is InChI=1S/C16H24ClNO/c1-10-7-11(2)12(3)18(9-10)13(4)15-8-14(17)5-6-16(15)19/h5-6,8,10-13,19H,7,9H2,1-4H3. The van der Waals surface area contributed by atoms with Crippen molar-refractivity contribution in [1.29, 1.82) is 0 Å². The van der Waals surface area contributed by atoms with E-state index in [1.54, 1.807) is 12.1 Å². The van der Waals surface area contributed by atoms with E-state index < -0.39 is 0 Å². The summed E-state index contributed by atoms with van der Waals surface area (Å²) in [6, 6.07) is 6.04. The predicted molar refractivity (Wildman–Crippen MR) is 80.6 cm³/mol. The highest BCUT2D eigenvalue weighted by molar-refractivity contribution is 6.30. The van der Waals surface area contributed by atoms with Gasteiger partial charge >= 0.3 is 0 Å². The van der Waals surface area contributed by atoms with Crippen molar-refractivity contribution >= 4 is 11.6 Å². The molecular weight excluding hydrogens is 258 g/mol. The lowest BCUT2D eigenvalue weighted by molar-refractivity contribution is 0.0453. The average Bonchev–Trinajstić information content (AvgIpc) is 2.36. The van der Waals surface area contributed by atoms with Gasteiger partial charge in [0.2, 0.25) is 0 Å². The molecular formula is C16H24ClNO. The third-order valence-electron chi connectivity index (χ3n) is 4.58. The summed E-state index contributed by atoms with van der Waals surface area (Å²) in [7, 11) is 0. The quantitative estimate of drug-likeness (QED) is 0.864. The number of likely N-dealkylation sites (tertiary alicyclic amines) is 1. The monoisotopic (exact) mass is 281 g/mol. The molecule has 19 heavy (non-hydrogen) atoms. The molecule has 0 amide bonds. The van der Waals surface area contributed by atoms with Crippen LogP contribution < -0.4 is 0 Å². The van der Waals surface area contributed by atoms with Crippen molar-refractivity contribution in [3.05, 3.63) is 28.8 Å². The molecule has 1 saturated heterocycles. The second-order valence-corrected chi connectivity index (χ2v) is 6.57. The summed E-state index contributed by atoms with van der Waals surface area (Å²) < 4.78 is 0. The Balaban J connectivity index is 2.27. The van der Waals surface area contributed by atoms with Gasteiger partial charge in [-0.3, -0.25) is 4.90 Å². The van der Waals surface area contributed by atoms with E-state index in [2.05, 4.69) is 32.6 Å². The van der Waals surface area contributed by atoms with Gasteiger partial charge in [-0.15, -0.1) is 0 Å². The highest BCUT2D eigenvalue weighted by Gasteiger charge is 2.32. The van der Waals surface area contributed by atoms with Gasteiger partial charge in [-0.2, -0.15) is 0 Å². The Morgan fingerprint density at radius 2 is 2.00 bits per heavy atom. The molecule has 4 atom stereocenters. The topological polar surface area (TPSA) is 23.5 Å². The van der Waals surface area contributed by atoms with E-state index in [0.717, 1.165) is 12.1 Å². The molecule has 0 aromatic heterocycles. The number of hydrogen-bond acceptors (Lipinski definition) is 2. The summed E-state index contributed by atoms with van der Waals surface area (Å²) in [5.74, 6) is 1.73. The first-order valence-electron chi connectivity index (χ1n) is 7.14. The van der Waals surface area contributed by atoms with Crippen LogP contribution in [0.1, 0.15) is 45.7 Å². The molecule has 0 radical (unpaired) electrons. The number of rotatable bonds is 2. The Hall–Kier alpha value is -0.730. The van der Waals surface area contributed by atoms with Crippen LogP contribution in [0.2, 0.25) is 5.02 Å². The Kier molecular flexibility index (Phi) is 4.42. The summed E-state index contributed by atoms with van der Waals surface area (Å²) in [6.45, 7) is 10.2. The van der Waals surface area contributed by atoms with Crippen molar-refractivity contribution in [2.75, 3.05) is 6.54 Å². The fraction of sp³-hybridized carbons (Fsp3) is 0.625. The highest BCUT2D eigenvalue weighted by atomic mass is 35.5. The van der Waals surface area contributed by atoms with E-state index in [4.69, 9.17) is 11.6 Å². The summed E-state index contributed by atoms with van der Waals surface area (Å²) in [5, 5.41) is 10.8. The molecule has 0 bridgehead atoms. The van der Waals surface area contributed by atoms with Crippen molar-refractivity contribution < 1.29 is 5.11 Å². The van der Waals surface area contributed by atoms with Crippen molar-refractivity contribution in [3.8, 4) is 5.75 Å². The summed E-state index contributed by atoms with van der Waals surface area (Å²) >= 11 is 6.06. The minimum absolute atomic E-state index is 0.193. The second kappa shape index (κ2) is 5.72. The van der Waals surface area contributed by atoms with Crippen molar-refractivity contribution in [2.45, 2.75) is 46.2 Å². The maximum absolute atomic E-state index is 10.1. The number of phenols is 1. The Bertz CT molecular complexity index is 448. The normalized spacial score (nSPS) is 30.3. The van der Waals surface area contributed by atoms with Crippen LogP contribution in [0, 0.1) is 11.8 Å². The van der Waals surface area contributed by atoms with E-state index in [-0.39, 0.29) is 6.04 Å². The third kappa shape index (κ3) is 3.06. The lowest BCUT2D eigenvalue weighted by Gasteiger charge is -2.44. The predicted octanol–water partition coefficient (Wildman–Crippen LogP) is 4.47. The molecule has 2 nitrogen and oxygen atoms in total. The van der Waals surface area contributed by atoms with E-state index >= 15 is 0 Å². The number of aromatic hydroxyl groups is 1. The molecule has 0 spiro atoms. The Labute approximate surface area is 121 Å². The number of hydrogen-bond donors (Lipinski definition) is 1. The number of benzene rings is 1. The van der Waals surface area contributed by atoms with Gasteiger partial charge in [0.05, 0.1) is 0 Å². The molecule has 1 heterocycles. The van der Waals surface area contributed by atoms with Crippen LogP contribution in [-0.4, -0.2) is 22.6 Å². The Morgan fingerprint density at radius 3 is 2.68 bits per heavy atom. The van der Waals surface area contributed by atoms with E-state index in [1.165, 1.54) is 6.42 Å². The highest BCUT2D eigenvalue weighted by Crippen LogP contribution is 2.37.